The maximum atomic E-state index is 11.9. The maximum Gasteiger partial charge on any atom is 0.220 e. The van der Waals surface area contributed by atoms with Crippen LogP contribution in [-0.2, 0) is 14.3 Å². The lowest BCUT2D eigenvalue weighted by molar-refractivity contribution is -0.140. The van der Waals surface area contributed by atoms with Gasteiger partial charge in [-0.05, 0) is 32.6 Å². The summed E-state index contributed by atoms with van der Waals surface area (Å²) in [6, 6.07) is 0. The molecular weight excluding hydrogens is 242 g/mol. The Morgan fingerprint density at radius 1 is 1.11 bits per heavy atom. The lowest BCUT2D eigenvalue weighted by Crippen LogP contribution is -2.36. The van der Waals surface area contributed by atoms with E-state index in [0.717, 1.165) is 0 Å². The first-order valence-electron chi connectivity index (χ1n) is 7.76. The zero-order valence-corrected chi connectivity index (χ0v) is 12.5. The van der Waals surface area contributed by atoms with Crippen molar-refractivity contribution in [1.82, 2.24) is 5.32 Å². The lowest BCUT2D eigenvalue weighted by Gasteiger charge is -2.18. The van der Waals surface area contributed by atoms with Gasteiger partial charge in [-0.2, -0.15) is 0 Å². The van der Waals surface area contributed by atoms with Gasteiger partial charge in [0, 0.05) is 19.6 Å². The van der Waals surface area contributed by atoms with Gasteiger partial charge in [-0.15, -0.1) is 0 Å². The minimum absolute atomic E-state index is 0.135. The van der Waals surface area contributed by atoms with Crippen LogP contribution in [0.4, 0.5) is 0 Å². The second-order valence-corrected chi connectivity index (χ2v) is 5.21. The van der Waals surface area contributed by atoms with E-state index in [1.165, 1.54) is 38.5 Å². The Bertz CT molecular complexity index is 232. The van der Waals surface area contributed by atoms with E-state index in [2.05, 4.69) is 5.32 Å². The second kappa shape index (κ2) is 10.2. The summed E-state index contributed by atoms with van der Waals surface area (Å²) in [5.74, 6) is 0.705. The van der Waals surface area contributed by atoms with E-state index < -0.39 is 0 Å². The van der Waals surface area contributed by atoms with E-state index in [1.54, 1.807) is 0 Å². The minimum Gasteiger partial charge on any atom is -0.351 e. The zero-order chi connectivity index (χ0) is 13.9. The van der Waals surface area contributed by atoms with Crippen molar-refractivity contribution >= 4 is 5.91 Å². The molecule has 1 rings (SSSR count). The molecule has 0 bridgehead atoms. The van der Waals surface area contributed by atoms with Crippen molar-refractivity contribution in [2.24, 2.45) is 5.92 Å². The summed E-state index contributed by atoms with van der Waals surface area (Å²) in [5, 5.41) is 2.93. The maximum absolute atomic E-state index is 11.9. The summed E-state index contributed by atoms with van der Waals surface area (Å²) in [6.45, 7) is 5.51. The van der Waals surface area contributed by atoms with Crippen molar-refractivity contribution in [2.75, 3.05) is 19.8 Å². The Labute approximate surface area is 117 Å². The van der Waals surface area contributed by atoms with Crippen molar-refractivity contribution in [1.29, 1.82) is 0 Å². The van der Waals surface area contributed by atoms with Gasteiger partial charge in [0.25, 0.3) is 0 Å². The Morgan fingerprint density at radius 3 is 2.21 bits per heavy atom. The highest BCUT2D eigenvalue weighted by Gasteiger charge is 2.17. The predicted molar refractivity (Wildman–Crippen MR) is 75.9 cm³/mol. The molecule has 0 saturated heterocycles. The number of carbonyl (C=O) groups excluding carboxylic acids is 1. The highest BCUT2D eigenvalue weighted by molar-refractivity contribution is 5.76. The average molecular weight is 271 g/mol. The van der Waals surface area contributed by atoms with E-state index in [4.69, 9.17) is 9.47 Å². The van der Waals surface area contributed by atoms with E-state index in [0.29, 0.717) is 32.1 Å². The fourth-order valence-corrected chi connectivity index (χ4v) is 2.64. The lowest BCUT2D eigenvalue weighted by atomic mass is 9.96. The molecule has 0 aromatic heterocycles. The summed E-state index contributed by atoms with van der Waals surface area (Å²) in [5.41, 5.74) is 0. The minimum atomic E-state index is -0.312. The van der Waals surface area contributed by atoms with Gasteiger partial charge in [0.15, 0.2) is 6.29 Å². The van der Waals surface area contributed by atoms with Crippen LogP contribution in [0.25, 0.3) is 0 Å². The fourth-order valence-electron chi connectivity index (χ4n) is 2.64. The monoisotopic (exact) mass is 271 g/mol. The summed E-state index contributed by atoms with van der Waals surface area (Å²) in [4.78, 5) is 11.9. The normalized spacial score (nSPS) is 17.4. The molecule has 0 heterocycles. The number of nitrogens with one attached hydrogen (secondary N) is 1. The van der Waals surface area contributed by atoms with Crippen LogP contribution < -0.4 is 5.32 Å². The van der Waals surface area contributed by atoms with E-state index in [9.17, 15) is 4.79 Å². The molecule has 0 aromatic carbocycles. The topological polar surface area (TPSA) is 47.6 Å². The van der Waals surface area contributed by atoms with Gasteiger partial charge >= 0.3 is 0 Å². The molecule has 4 heteroatoms. The van der Waals surface area contributed by atoms with E-state index in [1.807, 2.05) is 13.8 Å². The summed E-state index contributed by atoms with van der Waals surface area (Å²) < 4.78 is 10.8. The van der Waals surface area contributed by atoms with Crippen LogP contribution in [0.15, 0.2) is 0 Å². The van der Waals surface area contributed by atoms with Crippen molar-refractivity contribution in [3.63, 3.8) is 0 Å². The zero-order valence-electron chi connectivity index (χ0n) is 12.5. The standard InChI is InChI=1S/C15H29NO3/c1-3-18-15(19-4-2)12-16-14(17)11-13-9-7-5-6-8-10-13/h13,15H,3-12H2,1-2H3,(H,16,17). The van der Waals surface area contributed by atoms with Crippen LogP contribution in [0.3, 0.4) is 0 Å². The van der Waals surface area contributed by atoms with E-state index in [-0.39, 0.29) is 12.2 Å². The molecule has 1 N–H and O–H groups in total. The molecule has 112 valence electrons. The van der Waals surface area contributed by atoms with Crippen LogP contribution in [0, 0.1) is 5.92 Å². The number of carbonyl (C=O) groups is 1. The quantitative estimate of drug-likeness (QED) is 0.545. The van der Waals surface area contributed by atoms with Crippen molar-refractivity contribution < 1.29 is 14.3 Å². The van der Waals surface area contributed by atoms with Gasteiger partial charge in [0.1, 0.15) is 0 Å². The highest BCUT2D eigenvalue weighted by atomic mass is 16.7. The van der Waals surface area contributed by atoms with Crippen molar-refractivity contribution in [3.8, 4) is 0 Å². The molecule has 1 aliphatic carbocycles. The largest absolute Gasteiger partial charge is 0.351 e. The third-order valence-electron chi connectivity index (χ3n) is 3.62. The predicted octanol–water partition coefficient (Wildman–Crippen LogP) is 2.86. The molecule has 0 unspecified atom stereocenters. The number of ether oxygens (including phenoxy) is 2. The van der Waals surface area contributed by atoms with Crippen LogP contribution in [0.1, 0.15) is 58.8 Å². The van der Waals surface area contributed by atoms with Crippen molar-refractivity contribution in [2.45, 2.75) is 65.1 Å². The molecule has 1 fully saturated rings. The first-order valence-corrected chi connectivity index (χ1v) is 7.76. The molecule has 19 heavy (non-hydrogen) atoms. The van der Waals surface area contributed by atoms with Gasteiger partial charge in [0.2, 0.25) is 5.91 Å². The van der Waals surface area contributed by atoms with Crippen molar-refractivity contribution in [3.05, 3.63) is 0 Å². The molecule has 1 aliphatic rings. The van der Waals surface area contributed by atoms with Crippen LogP contribution in [0.5, 0.6) is 0 Å². The Kier molecular flexibility index (Phi) is 8.84. The molecule has 4 nitrogen and oxygen atoms in total. The molecule has 0 aromatic rings. The summed E-state index contributed by atoms with van der Waals surface area (Å²) >= 11 is 0. The van der Waals surface area contributed by atoms with E-state index >= 15 is 0 Å². The van der Waals surface area contributed by atoms with Crippen LogP contribution in [-0.4, -0.2) is 32.0 Å². The molecule has 0 atom stereocenters. The first kappa shape index (κ1) is 16.4. The fraction of sp³-hybridized carbons (Fsp3) is 0.933. The number of hydrogen-bond donors (Lipinski definition) is 1. The first-order chi connectivity index (χ1) is 9.26. The number of amides is 1. The molecule has 0 radical (unpaired) electrons. The van der Waals surface area contributed by atoms with Gasteiger partial charge in [-0.25, -0.2) is 0 Å². The SMILES string of the molecule is CCOC(CNC(=O)CC1CCCCCC1)OCC. The Hall–Kier alpha value is -0.610. The summed E-state index contributed by atoms with van der Waals surface area (Å²) in [7, 11) is 0. The van der Waals surface area contributed by atoms with Gasteiger partial charge in [-0.1, -0.05) is 25.7 Å². The molecule has 0 aliphatic heterocycles. The molecule has 0 spiro atoms. The van der Waals surface area contributed by atoms with Crippen LogP contribution >= 0.6 is 0 Å². The smallest absolute Gasteiger partial charge is 0.220 e. The van der Waals surface area contributed by atoms with Gasteiger partial charge in [0.05, 0.1) is 6.54 Å². The molecule has 1 amide bonds. The molecule has 1 saturated carbocycles. The Balaban J connectivity index is 2.21. The second-order valence-electron chi connectivity index (χ2n) is 5.21. The number of rotatable bonds is 8. The highest BCUT2D eigenvalue weighted by Crippen LogP contribution is 2.25. The van der Waals surface area contributed by atoms with Gasteiger partial charge < -0.3 is 14.8 Å². The van der Waals surface area contributed by atoms with Gasteiger partial charge in [-0.3, -0.25) is 4.79 Å². The number of hydrogen-bond acceptors (Lipinski definition) is 3. The third-order valence-corrected chi connectivity index (χ3v) is 3.62. The molecular formula is C15H29NO3. The third kappa shape index (κ3) is 7.53. The Morgan fingerprint density at radius 2 is 1.68 bits per heavy atom. The average Bonchev–Trinajstić information content (AvgIpc) is 2.65. The van der Waals surface area contributed by atoms with Crippen LogP contribution in [0.2, 0.25) is 0 Å². The summed E-state index contributed by atoms with van der Waals surface area (Å²) in [6.07, 6.45) is 7.96.